The lowest BCUT2D eigenvalue weighted by molar-refractivity contribution is 1.18. The number of nitrogens with zero attached hydrogens (tertiary/aromatic N) is 2. The zero-order chi connectivity index (χ0) is 30.9. The maximum absolute atomic E-state index is 11.0. The molecule has 1 heterocycles. The minimum absolute atomic E-state index is 0.707. The van der Waals surface area contributed by atoms with Crippen molar-refractivity contribution in [2.75, 3.05) is 0 Å². The van der Waals surface area contributed by atoms with Gasteiger partial charge in [0, 0.05) is 41.6 Å². The van der Waals surface area contributed by atoms with Crippen LogP contribution in [0, 0.1) is 11.3 Å². The third-order valence-electron chi connectivity index (χ3n) is 8.77. The van der Waals surface area contributed by atoms with Gasteiger partial charge in [0.25, 0.3) is 0 Å². The number of hydrogen-bond acceptors (Lipinski definition) is 1. The summed E-state index contributed by atoms with van der Waals surface area (Å²) in [5.41, 5.74) is 6.11. The fourth-order valence-corrected chi connectivity index (χ4v) is 10.8. The van der Waals surface area contributed by atoms with Crippen molar-refractivity contribution < 1.29 is 0 Å². The Labute approximate surface area is 270 Å². The van der Waals surface area contributed by atoms with Gasteiger partial charge in [0.15, 0.2) is 0 Å². The van der Waals surface area contributed by atoms with E-state index in [1.807, 2.05) is 0 Å². The summed E-state index contributed by atoms with van der Waals surface area (Å²) in [6, 6.07) is 66.9. The summed E-state index contributed by atoms with van der Waals surface area (Å²) >= 11 is 0. The van der Waals surface area contributed by atoms with Gasteiger partial charge in [0.2, 0.25) is 0 Å². The van der Waals surface area contributed by atoms with Gasteiger partial charge in [-0.05, 0) is 72.3 Å². The van der Waals surface area contributed by atoms with Crippen molar-refractivity contribution >= 4 is 31.8 Å². The lowest BCUT2D eigenvalue weighted by atomic mass is 10.00. The van der Waals surface area contributed by atoms with Crippen LogP contribution >= 0.6 is 10.0 Å². The van der Waals surface area contributed by atoms with Crippen LogP contribution in [0.5, 0.6) is 0 Å². The molecule has 0 atom stereocenters. The first kappa shape index (κ1) is 27.7. The molecule has 0 unspecified atom stereocenters. The van der Waals surface area contributed by atoms with Gasteiger partial charge in [0.1, 0.15) is 6.07 Å². The van der Waals surface area contributed by atoms with Crippen molar-refractivity contribution in [1.82, 2.24) is 4.57 Å². The molecule has 0 amide bonds. The lowest BCUT2D eigenvalue weighted by Gasteiger charge is -2.42. The van der Waals surface area contributed by atoms with Crippen molar-refractivity contribution in [3.63, 3.8) is 0 Å². The highest BCUT2D eigenvalue weighted by Crippen LogP contribution is 2.74. The molecule has 0 spiro atoms. The number of aromatic nitrogens is 1. The molecule has 0 aliphatic heterocycles. The predicted octanol–water partition coefficient (Wildman–Crippen LogP) is 11.7. The number of nitriles is 1. The molecule has 0 fully saturated rings. The standard InChI is InChI=1S/C43H30N2S/c44-31-40-37(32-27-29-33(30-28-32)45-41-24-12-10-21-38(41)39-22-11-13-25-42(39)45)23-14-26-43(40)46(34-15-4-1-5-16-34,35-17-6-2-7-18-35)36-19-8-3-9-20-36/h1-30H. The molecular weight excluding hydrogens is 577 g/mol. The maximum atomic E-state index is 11.0. The van der Waals surface area contributed by atoms with E-state index in [4.69, 9.17) is 0 Å². The van der Waals surface area contributed by atoms with Crippen LogP contribution in [-0.4, -0.2) is 4.57 Å². The predicted molar refractivity (Wildman–Crippen MR) is 191 cm³/mol. The van der Waals surface area contributed by atoms with E-state index < -0.39 is 10.0 Å². The molecule has 2 nitrogen and oxygen atoms in total. The van der Waals surface area contributed by atoms with Crippen molar-refractivity contribution in [2.45, 2.75) is 19.6 Å². The van der Waals surface area contributed by atoms with E-state index in [0.717, 1.165) is 21.7 Å². The molecule has 7 aromatic carbocycles. The van der Waals surface area contributed by atoms with Gasteiger partial charge in [-0.15, -0.1) is 10.0 Å². The molecule has 1 aromatic heterocycles. The molecule has 0 radical (unpaired) electrons. The van der Waals surface area contributed by atoms with Crippen LogP contribution < -0.4 is 0 Å². The molecule has 46 heavy (non-hydrogen) atoms. The van der Waals surface area contributed by atoms with Crippen LogP contribution in [0.4, 0.5) is 0 Å². The van der Waals surface area contributed by atoms with E-state index in [2.05, 4.69) is 193 Å². The van der Waals surface area contributed by atoms with E-state index in [1.54, 1.807) is 0 Å². The van der Waals surface area contributed by atoms with Gasteiger partial charge in [0.05, 0.1) is 16.6 Å². The van der Waals surface area contributed by atoms with Gasteiger partial charge >= 0.3 is 0 Å². The Kier molecular flexibility index (Phi) is 6.99. The molecule has 0 bridgehead atoms. The van der Waals surface area contributed by atoms with Gasteiger partial charge in [-0.3, -0.25) is 0 Å². The average Bonchev–Trinajstić information content (AvgIpc) is 3.48. The minimum Gasteiger partial charge on any atom is -0.309 e. The Morgan fingerprint density at radius 1 is 0.435 bits per heavy atom. The highest BCUT2D eigenvalue weighted by molar-refractivity contribution is 8.34. The minimum atomic E-state index is -2.00. The Hall–Kier alpha value is -5.82. The zero-order valence-corrected chi connectivity index (χ0v) is 25.9. The van der Waals surface area contributed by atoms with E-state index in [1.165, 1.54) is 36.5 Å². The highest BCUT2D eigenvalue weighted by Gasteiger charge is 2.35. The number of rotatable bonds is 6. The van der Waals surface area contributed by atoms with Crippen LogP contribution in [0.2, 0.25) is 0 Å². The molecular formula is C43H30N2S. The Bertz CT molecular complexity index is 2200. The largest absolute Gasteiger partial charge is 0.309 e. The summed E-state index contributed by atoms with van der Waals surface area (Å²) < 4.78 is 2.32. The van der Waals surface area contributed by atoms with Crippen LogP contribution in [0.3, 0.4) is 0 Å². The van der Waals surface area contributed by atoms with Crippen molar-refractivity contribution in [2.24, 2.45) is 0 Å². The smallest absolute Gasteiger partial charge is 0.101 e. The monoisotopic (exact) mass is 606 g/mol. The summed E-state index contributed by atoms with van der Waals surface area (Å²) in [5, 5.41) is 13.4. The second-order valence-corrected chi connectivity index (χ2v) is 14.3. The van der Waals surface area contributed by atoms with Crippen LogP contribution in [0.1, 0.15) is 5.56 Å². The number of para-hydroxylation sites is 2. The third kappa shape index (κ3) is 4.35. The molecule has 3 heteroatoms. The Morgan fingerprint density at radius 2 is 0.891 bits per heavy atom. The van der Waals surface area contributed by atoms with Gasteiger partial charge in [-0.1, -0.05) is 115 Å². The lowest BCUT2D eigenvalue weighted by Crippen LogP contribution is -2.07. The second kappa shape index (κ2) is 11.6. The molecule has 0 N–H and O–H groups in total. The molecule has 0 aliphatic rings. The molecule has 0 saturated carbocycles. The van der Waals surface area contributed by atoms with Crippen molar-refractivity contribution in [1.29, 1.82) is 5.26 Å². The first-order valence-corrected chi connectivity index (χ1v) is 17.0. The second-order valence-electron chi connectivity index (χ2n) is 11.3. The topological polar surface area (TPSA) is 28.7 Å². The zero-order valence-electron chi connectivity index (χ0n) is 25.1. The van der Waals surface area contributed by atoms with Crippen molar-refractivity contribution in [3.05, 3.63) is 188 Å². The van der Waals surface area contributed by atoms with Crippen LogP contribution in [0.15, 0.2) is 202 Å². The average molecular weight is 607 g/mol. The van der Waals surface area contributed by atoms with Crippen LogP contribution in [0.25, 0.3) is 38.6 Å². The van der Waals surface area contributed by atoms with Crippen molar-refractivity contribution in [3.8, 4) is 22.9 Å². The highest BCUT2D eigenvalue weighted by atomic mass is 32.3. The quantitative estimate of drug-likeness (QED) is 0.185. The molecule has 8 aromatic rings. The fourth-order valence-electron chi connectivity index (χ4n) is 6.80. The fraction of sp³-hybridized carbons (Fsp3) is 0. The normalized spacial score (nSPS) is 11.8. The molecule has 0 saturated heterocycles. The SMILES string of the molecule is N#Cc1c(-c2ccc(-n3c4ccccc4c4ccccc43)cc2)cccc1S(c1ccccc1)(c1ccccc1)c1ccccc1. The summed E-state index contributed by atoms with van der Waals surface area (Å²) in [5.74, 6) is 0. The number of hydrogen-bond donors (Lipinski definition) is 0. The number of benzene rings is 7. The van der Waals surface area contributed by atoms with E-state index in [0.29, 0.717) is 5.56 Å². The Morgan fingerprint density at radius 3 is 1.37 bits per heavy atom. The molecule has 8 rings (SSSR count). The summed E-state index contributed by atoms with van der Waals surface area (Å²) in [6.07, 6.45) is 0. The summed E-state index contributed by atoms with van der Waals surface area (Å²) in [4.78, 5) is 4.64. The van der Waals surface area contributed by atoms with Gasteiger partial charge in [-0.25, -0.2) is 0 Å². The van der Waals surface area contributed by atoms with E-state index >= 15 is 0 Å². The molecule has 218 valence electrons. The first-order chi connectivity index (χ1) is 22.8. The third-order valence-corrected chi connectivity index (χ3v) is 12.7. The summed E-state index contributed by atoms with van der Waals surface area (Å²) in [7, 11) is -2.00. The van der Waals surface area contributed by atoms with E-state index in [9.17, 15) is 5.26 Å². The number of fused-ring (bicyclic) bond motifs is 3. The van der Waals surface area contributed by atoms with E-state index in [-0.39, 0.29) is 0 Å². The Balaban J connectivity index is 1.34. The van der Waals surface area contributed by atoms with Gasteiger partial charge in [-0.2, -0.15) is 5.26 Å². The van der Waals surface area contributed by atoms with Crippen LogP contribution in [-0.2, 0) is 0 Å². The molecule has 0 aliphatic carbocycles. The summed E-state index contributed by atoms with van der Waals surface area (Å²) in [6.45, 7) is 0. The maximum Gasteiger partial charge on any atom is 0.101 e. The first-order valence-electron chi connectivity index (χ1n) is 15.4. The van der Waals surface area contributed by atoms with Gasteiger partial charge < -0.3 is 4.57 Å².